The van der Waals surface area contributed by atoms with Gasteiger partial charge in [0.2, 0.25) is 0 Å². The molecule has 0 saturated heterocycles. The van der Waals surface area contributed by atoms with Gasteiger partial charge in [-0.2, -0.15) is 0 Å². The summed E-state index contributed by atoms with van der Waals surface area (Å²) in [6.07, 6.45) is 0. The standard InChI is InChI=1S/C13H10FNO3/c14-10-6-8(2-4-12(10)16)7-1-3-11(15)9(5-7)13(17)18/h1-6,16H,15H2,(H,17,18). The maximum atomic E-state index is 13.2. The first-order chi connectivity index (χ1) is 8.49. The van der Waals surface area contributed by atoms with Crippen molar-refractivity contribution in [3.8, 4) is 16.9 Å². The summed E-state index contributed by atoms with van der Waals surface area (Å²) in [5.41, 5.74) is 6.61. The van der Waals surface area contributed by atoms with Crippen LogP contribution >= 0.6 is 0 Å². The van der Waals surface area contributed by atoms with E-state index in [-0.39, 0.29) is 11.3 Å². The summed E-state index contributed by atoms with van der Waals surface area (Å²) in [6, 6.07) is 8.24. The Morgan fingerprint density at radius 1 is 1.11 bits per heavy atom. The molecule has 0 amide bonds. The average Bonchev–Trinajstić information content (AvgIpc) is 2.33. The molecule has 4 nitrogen and oxygen atoms in total. The third-order valence-corrected chi connectivity index (χ3v) is 2.56. The Hall–Kier alpha value is -2.56. The van der Waals surface area contributed by atoms with Crippen LogP contribution in [-0.2, 0) is 0 Å². The Balaban J connectivity index is 2.54. The van der Waals surface area contributed by atoms with E-state index in [1.54, 1.807) is 6.07 Å². The van der Waals surface area contributed by atoms with Crippen molar-refractivity contribution in [3.63, 3.8) is 0 Å². The van der Waals surface area contributed by atoms with Crippen molar-refractivity contribution >= 4 is 11.7 Å². The van der Waals surface area contributed by atoms with Gasteiger partial charge in [-0.15, -0.1) is 0 Å². The van der Waals surface area contributed by atoms with Gasteiger partial charge in [-0.1, -0.05) is 12.1 Å². The van der Waals surface area contributed by atoms with E-state index in [0.29, 0.717) is 11.1 Å². The molecule has 5 heteroatoms. The molecule has 0 fully saturated rings. The van der Waals surface area contributed by atoms with E-state index in [1.165, 1.54) is 24.3 Å². The van der Waals surface area contributed by atoms with Crippen LogP contribution in [0.15, 0.2) is 36.4 Å². The lowest BCUT2D eigenvalue weighted by molar-refractivity contribution is 0.0698. The molecule has 0 aromatic heterocycles. The van der Waals surface area contributed by atoms with E-state index >= 15 is 0 Å². The minimum Gasteiger partial charge on any atom is -0.505 e. The van der Waals surface area contributed by atoms with Crippen molar-refractivity contribution in [2.24, 2.45) is 0 Å². The van der Waals surface area contributed by atoms with E-state index in [4.69, 9.17) is 15.9 Å². The molecular weight excluding hydrogens is 237 g/mol. The van der Waals surface area contributed by atoms with Gasteiger partial charge in [0.1, 0.15) is 0 Å². The first kappa shape index (κ1) is 11.9. The molecule has 0 radical (unpaired) electrons. The molecule has 0 saturated carbocycles. The average molecular weight is 247 g/mol. The Kier molecular flexibility index (Phi) is 2.89. The van der Waals surface area contributed by atoms with E-state index in [9.17, 15) is 9.18 Å². The maximum Gasteiger partial charge on any atom is 0.337 e. The molecule has 0 aliphatic rings. The number of halogens is 1. The zero-order chi connectivity index (χ0) is 13.3. The first-order valence-electron chi connectivity index (χ1n) is 5.11. The van der Waals surface area contributed by atoms with Crippen molar-refractivity contribution in [1.82, 2.24) is 0 Å². The number of phenols is 1. The summed E-state index contributed by atoms with van der Waals surface area (Å²) in [4.78, 5) is 10.9. The van der Waals surface area contributed by atoms with E-state index in [0.717, 1.165) is 6.07 Å². The zero-order valence-corrected chi connectivity index (χ0v) is 9.22. The van der Waals surface area contributed by atoms with Crippen LogP contribution in [0.25, 0.3) is 11.1 Å². The summed E-state index contributed by atoms with van der Waals surface area (Å²) in [5, 5.41) is 18.0. The summed E-state index contributed by atoms with van der Waals surface area (Å²) in [5.74, 6) is -2.36. The third-order valence-electron chi connectivity index (χ3n) is 2.56. The highest BCUT2D eigenvalue weighted by molar-refractivity contribution is 5.95. The fourth-order valence-corrected chi connectivity index (χ4v) is 1.61. The molecule has 4 N–H and O–H groups in total. The highest BCUT2D eigenvalue weighted by Gasteiger charge is 2.10. The molecule has 92 valence electrons. The van der Waals surface area contributed by atoms with Crippen molar-refractivity contribution in [1.29, 1.82) is 0 Å². The molecule has 0 aliphatic carbocycles. The van der Waals surface area contributed by atoms with Gasteiger partial charge >= 0.3 is 5.97 Å². The normalized spacial score (nSPS) is 10.3. The van der Waals surface area contributed by atoms with Gasteiger partial charge in [-0.05, 0) is 35.4 Å². The minimum atomic E-state index is -1.14. The van der Waals surface area contributed by atoms with Crippen molar-refractivity contribution in [2.75, 3.05) is 5.73 Å². The number of anilines is 1. The SMILES string of the molecule is Nc1ccc(-c2ccc(O)c(F)c2)cc1C(=O)O. The predicted octanol–water partition coefficient (Wildman–Crippen LogP) is 2.48. The number of nitrogen functional groups attached to an aromatic ring is 1. The second kappa shape index (κ2) is 4.37. The monoisotopic (exact) mass is 247 g/mol. The lowest BCUT2D eigenvalue weighted by Crippen LogP contribution is -2.02. The molecule has 0 aliphatic heterocycles. The highest BCUT2D eigenvalue weighted by Crippen LogP contribution is 2.27. The van der Waals surface area contributed by atoms with Gasteiger partial charge in [-0.25, -0.2) is 9.18 Å². The Bertz CT molecular complexity index is 626. The highest BCUT2D eigenvalue weighted by atomic mass is 19.1. The smallest absolute Gasteiger partial charge is 0.337 e. The van der Waals surface area contributed by atoms with Crippen molar-refractivity contribution < 1.29 is 19.4 Å². The number of aromatic hydroxyl groups is 1. The summed E-state index contributed by atoms with van der Waals surface area (Å²) >= 11 is 0. The quantitative estimate of drug-likeness (QED) is 0.712. The zero-order valence-electron chi connectivity index (χ0n) is 9.22. The number of rotatable bonds is 2. The molecular formula is C13H10FNO3. The summed E-state index contributed by atoms with van der Waals surface area (Å²) < 4.78 is 13.2. The van der Waals surface area contributed by atoms with E-state index in [1.807, 2.05) is 0 Å². The van der Waals surface area contributed by atoms with E-state index < -0.39 is 17.5 Å². The number of hydrogen-bond acceptors (Lipinski definition) is 3. The van der Waals surface area contributed by atoms with Crippen molar-refractivity contribution in [2.45, 2.75) is 0 Å². The van der Waals surface area contributed by atoms with Gasteiger partial charge in [0.25, 0.3) is 0 Å². The van der Waals surface area contributed by atoms with Crippen LogP contribution in [0.4, 0.5) is 10.1 Å². The van der Waals surface area contributed by atoms with Crippen LogP contribution in [0.3, 0.4) is 0 Å². The van der Waals surface area contributed by atoms with Gasteiger partial charge in [0.15, 0.2) is 11.6 Å². The number of nitrogens with two attached hydrogens (primary N) is 1. The predicted molar refractivity (Wildman–Crippen MR) is 64.9 cm³/mol. The van der Waals surface area contributed by atoms with Crippen LogP contribution in [0, 0.1) is 5.82 Å². The van der Waals surface area contributed by atoms with Crippen LogP contribution in [-0.4, -0.2) is 16.2 Å². The summed E-state index contributed by atoms with van der Waals surface area (Å²) in [7, 11) is 0. The second-order valence-electron chi connectivity index (χ2n) is 3.77. The molecule has 18 heavy (non-hydrogen) atoms. The fourth-order valence-electron chi connectivity index (χ4n) is 1.61. The molecule has 2 aromatic carbocycles. The number of carboxylic acids is 1. The summed E-state index contributed by atoms with van der Waals surface area (Å²) in [6.45, 7) is 0. The van der Waals surface area contributed by atoms with Gasteiger partial charge < -0.3 is 15.9 Å². The lowest BCUT2D eigenvalue weighted by atomic mass is 10.0. The van der Waals surface area contributed by atoms with Crippen LogP contribution in [0.2, 0.25) is 0 Å². The number of benzene rings is 2. The van der Waals surface area contributed by atoms with Crippen LogP contribution < -0.4 is 5.73 Å². The first-order valence-corrected chi connectivity index (χ1v) is 5.11. The van der Waals surface area contributed by atoms with Crippen LogP contribution in [0.1, 0.15) is 10.4 Å². The Morgan fingerprint density at radius 3 is 2.33 bits per heavy atom. The Morgan fingerprint density at radius 2 is 1.72 bits per heavy atom. The number of hydrogen-bond donors (Lipinski definition) is 3. The topological polar surface area (TPSA) is 83.5 Å². The Labute approximate surface area is 102 Å². The van der Waals surface area contributed by atoms with Gasteiger partial charge in [0, 0.05) is 5.69 Å². The van der Waals surface area contributed by atoms with E-state index in [2.05, 4.69) is 0 Å². The van der Waals surface area contributed by atoms with Gasteiger partial charge in [-0.3, -0.25) is 0 Å². The molecule has 0 bridgehead atoms. The lowest BCUT2D eigenvalue weighted by Gasteiger charge is -2.06. The number of carboxylic acid groups (broad SMARTS) is 1. The fraction of sp³-hybridized carbons (Fsp3) is 0. The molecule has 0 spiro atoms. The molecule has 0 unspecified atom stereocenters. The van der Waals surface area contributed by atoms with Crippen LogP contribution in [0.5, 0.6) is 5.75 Å². The second-order valence-corrected chi connectivity index (χ2v) is 3.77. The third kappa shape index (κ3) is 2.10. The van der Waals surface area contributed by atoms with Crippen molar-refractivity contribution in [3.05, 3.63) is 47.8 Å². The largest absolute Gasteiger partial charge is 0.505 e. The molecule has 2 aromatic rings. The minimum absolute atomic E-state index is 0.0408. The molecule has 0 atom stereocenters. The number of phenolic OH excluding ortho intramolecular Hbond substituents is 1. The number of carbonyl (C=O) groups is 1. The molecule has 0 heterocycles. The number of aromatic carboxylic acids is 1. The molecule has 2 rings (SSSR count). The maximum absolute atomic E-state index is 13.2. The van der Waals surface area contributed by atoms with Gasteiger partial charge in [0.05, 0.1) is 5.56 Å².